The predicted octanol–water partition coefficient (Wildman–Crippen LogP) is 5.88. The van der Waals surface area contributed by atoms with Gasteiger partial charge in [0, 0.05) is 22.3 Å². The van der Waals surface area contributed by atoms with Gasteiger partial charge in [-0.05, 0) is 75.7 Å². The number of fused-ring (bicyclic) bond motifs is 4. The molecule has 2 aromatic rings. The summed E-state index contributed by atoms with van der Waals surface area (Å²) in [6.45, 7) is 6.08. The molecule has 5 nitrogen and oxygen atoms in total. The van der Waals surface area contributed by atoms with E-state index in [0.717, 1.165) is 53.8 Å². The molecule has 5 rings (SSSR count). The Morgan fingerprint density at radius 3 is 2.67 bits per heavy atom. The highest BCUT2D eigenvalue weighted by atomic mass is 35.5. The molecule has 0 radical (unpaired) electrons. The van der Waals surface area contributed by atoms with Gasteiger partial charge in [0.15, 0.2) is 10.8 Å². The van der Waals surface area contributed by atoms with Crippen LogP contribution in [0.5, 0.6) is 5.75 Å². The number of hydrogen-bond donors (Lipinski definition) is 2. The van der Waals surface area contributed by atoms with Crippen LogP contribution in [-0.4, -0.2) is 27.7 Å². The van der Waals surface area contributed by atoms with Gasteiger partial charge in [0.2, 0.25) is 5.91 Å². The van der Waals surface area contributed by atoms with Crippen LogP contribution < -0.4 is 15.4 Å². The number of thiocarbonyl (C=S) groups is 1. The highest BCUT2D eigenvalue weighted by Crippen LogP contribution is 2.50. The lowest BCUT2D eigenvalue weighted by Crippen LogP contribution is -2.73. The minimum atomic E-state index is -0.904. The molecule has 2 aliphatic heterocycles. The molecule has 2 aromatic carbocycles. The van der Waals surface area contributed by atoms with Crippen molar-refractivity contribution in [3.63, 3.8) is 0 Å². The van der Waals surface area contributed by atoms with Crippen molar-refractivity contribution in [3.05, 3.63) is 58.1 Å². The molecular weight excluding hydrogens is 454 g/mol. The van der Waals surface area contributed by atoms with E-state index in [1.54, 1.807) is 0 Å². The van der Waals surface area contributed by atoms with Gasteiger partial charge in [0.1, 0.15) is 11.7 Å². The summed E-state index contributed by atoms with van der Waals surface area (Å²) >= 11 is 12.2. The van der Waals surface area contributed by atoms with E-state index >= 15 is 0 Å². The van der Waals surface area contributed by atoms with Crippen LogP contribution in [0.3, 0.4) is 0 Å². The van der Waals surface area contributed by atoms with E-state index in [2.05, 4.69) is 21.6 Å². The molecule has 174 valence electrons. The van der Waals surface area contributed by atoms with Gasteiger partial charge in [-0.2, -0.15) is 0 Å². The third-order valence-corrected chi connectivity index (χ3v) is 7.92. The molecule has 1 aliphatic carbocycles. The number of carbonyl (C=O) groups excluding carboxylic acids is 1. The molecule has 1 saturated carbocycles. The molecule has 2 N–H and O–H groups in total. The van der Waals surface area contributed by atoms with E-state index in [0.29, 0.717) is 10.1 Å². The fourth-order valence-electron chi connectivity index (χ4n) is 5.82. The zero-order chi connectivity index (χ0) is 23.3. The van der Waals surface area contributed by atoms with Crippen molar-refractivity contribution >= 4 is 40.5 Å². The molecule has 7 heteroatoms. The molecule has 1 amide bonds. The van der Waals surface area contributed by atoms with Crippen molar-refractivity contribution in [2.24, 2.45) is 5.92 Å². The summed E-state index contributed by atoms with van der Waals surface area (Å²) in [5.74, 6) is 0.145. The molecule has 0 spiro atoms. The number of ether oxygens (including phenoxy) is 1. The third kappa shape index (κ3) is 3.87. The summed E-state index contributed by atoms with van der Waals surface area (Å²) in [5.41, 5.74) is 2.97. The second kappa shape index (κ2) is 8.48. The number of hydrogen-bond acceptors (Lipinski definition) is 3. The van der Waals surface area contributed by atoms with Crippen LogP contribution in [0.4, 0.5) is 5.69 Å². The first-order valence-corrected chi connectivity index (χ1v) is 12.5. The summed E-state index contributed by atoms with van der Waals surface area (Å²) in [6, 6.07) is 11.6. The number of amides is 1. The van der Waals surface area contributed by atoms with Crippen molar-refractivity contribution in [2.75, 3.05) is 5.32 Å². The number of nitrogens with one attached hydrogen (secondary N) is 2. The van der Waals surface area contributed by atoms with Crippen LogP contribution in [-0.2, 0) is 4.79 Å². The highest BCUT2D eigenvalue weighted by Gasteiger charge is 2.60. The van der Waals surface area contributed by atoms with Gasteiger partial charge in [0.05, 0.1) is 6.04 Å². The number of halogens is 1. The van der Waals surface area contributed by atoms with Gasteiger partial charge in [-0.1, -0.05) is 48.6 Å². The summed E-state index contributed by atoms with van der Waals surface area (Å²) in [7, 11) is 0. The van der Waals surface area contributed by atoms with Gasteiger partial charge in [0.25, 0.3) is 0 Å². The molecule has 33 heavy (non-hydrogen) atoms. The Kier molecular flexibility index (Phi) is 5.78. The van der Waals surface area contributed by atoms with Crippen molar-refractivity contribution in [1.29, 1.82) is 0 Å². The Hall–Kier alpha value is -2.31. The Morgan fingerprint density at radius 1 is 1.18 bits per heavy atom. The normalized spacial score (nSPS) is 26.8. The Balaban J connectivity index is 1.58. The second-order valence-electron chi connectivity index (χ2n) is 9.71. The fraction of sp³-hybridized carbons (Fsp3) is 0.462. The van der Waals surface area contributed by atoms with Crippen LogP contribution in [0.2, 0.25) is 5.02 Å². The van der Waals surface area contributed by atoms with Crippen molar-refractivity contribution in [1.82, 2.24) is 10.2 Å². The summed E-state index contributed by atoms with van der Waals surface area (Å²) in [5, 5.41) is 7.94. The lowest BCUT2D eigenvalue weighted by Gasteiger charge is -2.58. The minimum absolute atomic E-state index is 0.0871. The van der Waals surface area contributed by atoms with Gasteiger partial charge in [-0.25, -0.2) is 0 Å². The van der Waals surface area contributed by atoms with Crippen molar-refractivity contribution < 1.29 is 9.53 Å². The second-order valence-corrected chi connectivity index (χ2v) is 10.5. The van der Waals surface area contributed by atoms with Crippen LogP contribution in [0.25, 0.3) is 0 Å². The number of carbonyl (C=O) groups is 1. The molecule has 3 atom stereocenters. The zero-order valence-corrected chi connectivity index (χ0v) is 20.9. The molecular formula is C26H30ClN3O2S. The standard InChI is InChI=1S/C26H30ClN3O2S/c1-15-9-11-20(16(2)13-15)28-24(31)22-23-19-14-17(27)10-12-21(19)32-26(22,3)30(25(33)29-23)18-7-5-4-6-8-18/h9-14,18,22-23H,4-8H2,1-3H3,(H,28,31)(H,29,33)/t22-,23-,26-/m0/s1. The Labute approximate surface area is 205 Å². The monoisotopic (exact) mass is 483 g/mol. The summed E-state index contributed by atoms with van der Waals surface area (Å²) < 4.78 is 6.68. The van der Waals surface area contributed by atoms with Crippen molar-refractivity contribution in [3.8, 4) is 5.75 Å². The minimum Gasteiger partial charge on any atom is -0.467 e. The molecule has 0 unspecified atom stereocenters. The molecule has 0 aromatic heterocycles. The predicted molar refractivity (Wildman–Crippen MR) is 136 cm³/mol. The SMILES string of the molecule is Cc1ccc(NC(=O)[C@@H]2[C@H]3NC(=S)N(C4CCCCC4)[C@@]2(C)Oc2ccc(Cl)cc23)c(C)c1. The molecule has 2 fully saturated rings. The first-order chi connectivity index (χ1) is 15.8. The first kappa shape index (κ1) is 22.5. The maximum Gasteiger partial charge on any atom is 0.236 e. The van der Waals surface area contributed by atoms with E-state index < -0.39 is 11.6 Å². The molecule has 2 bridgehead atoms. The van der Waals surface area contributed by atoms with Crippen LogP contribution >= 0.6 is 23.8 Å². The van der Waals surface area contributed by atoms with Gasteiger partial charge in [-0.15, -0.1) is 0 Å². The van der Waals surface area contributed by atoms with Crippen molar-refractivity contribution in [2.45, 2.75) is 70.7 Å². The number of rotatable bonds is 3. The highest BCUT2D eigenvalue weighted by molar-refractivity contribution is 7.80. The van der Waals surface area contributed by atoms with E-state index in [-0.39, 0.29) is 18.0 Å². The van der Waals surface area contributed by atoms with E-state index in [4.69, 9.17) is 28.6 Å². The maximum absolute atomic E-state index is 13.9. The fourth-order valence-corrected chi connectivity index (χ4v) is 6.46. The number of anilines is 1. The molecule has 3 aliphatic rings. The average molecular weight is 484 g/mol. The lowest BCUT2D eigenvalue weighted by atomic mass is 9.77. The number of nitrogens with zero attached hydrogens (tertiary/aromatic N) is 1. The zero-order valence-electron chi connectivity index (χ0n) is 19.3. The molecule has 2 heterocycles. The van der Waals surface area contributed by atoms with Crippen LogP contribution in [0.1, 0.15) is 61.8 Å². The third-order valence-electron chi connectivity index (χ3n) is 7.37. The van der Waals surface area contributed by atoms with E-state index in [1.807, 2.05) is 51.1 Å². The number of benzene rings is 2. The van der Waals surface area contributed by atoms with E-state index in [9.17, 15) is 4.79 Å². The first-order valence-electron chi connectivity index (χ1n) is 11.7. The quantitative estimate of drug-likeness (QED) is 0.533. The average Bonchev–Trinajstić information content (AvgIpc) is 2.76. The molecule has 1 saturated heterocycles. The van der Waals surface area contributed by atoms with Gasteiger partial charge >= 0.3 is 0 Å². The van der Waals surface area contributed by atoms with Crippen LogP contribution in [0.15, 0.2) is 36.4 Å². The van der Waals surface area contributed by atoms with Gasteiger partial charge in [-0.3, -0.25) is 4.79 Å². The number of aryl methyl sites for hydroxylation is 2. The largest absolute Gasteiger partial charge is 0.467 e. The van der Waals surface area contributed by atoms with E-state index in [1.165, 1.54) is 6.42 Å². The summed E-state index contributed by atoms with van der Waals surface area (Å²) in [6.07, 6.45) is 5.65. The Morgan fingerprint density at radius 2 is 1.94 bits per heavy atom. The van der Waals surface area contributed by atoms with Gasteiger partial charge < -0.3 is 20.3 Å². The van der Waals surface area contributed by atoms with Crippen LogP contribution in [0, 0.1) is 19.8 Å². The lowest BCUT2D eigenvalue weighted by molar-refractivity contribution is -0.156. The maximum atomic E-state index is 13.9. The smallest absolute Gasteiger partial charge is 0.236 e. The summed E-state index contributed by atoms with van der Waals surface area (Å²) in [4.78, 5) is 16.1. The Bertz CT molecular complexity index is 1120. The topological polar surface area (TPSA) is 53.6 Å².